The number of rotatable bonds is 4. The summed E-state index contributed by atoms with van der Waals surface area (Å²) < 4.78 is 1.23. The van der Waals surface area contributed by atoms with Gasteiger partial charge < -0.3 is 0 Å². The molecule has 0 amide bonds. The molecule has 5 rings (SSSR count). The van der Waals surface area contributed by atoms with Gasteiger partial charge in [0.1, 0.15) is 0 Å². The quantitative estimate of drug-likeness (QED) is 0.182. The molecule has 1 heterocycles. The summed E-state index contributed by atoms with van der Waals surface area (Å²) in [5.74, 6) is 0. The molecule has 0 N–H and O–H groups in total. The van der Waals surface area contributed by atoms with Gasteiger partial charge in [0.05, 0.1) is 5.69 Å². The molecule has 31 heavy (non-hydrogen) atoms. The summed E-state index contributed by atoms with van der Waals surface area (Å²) in [6, 6.07) is 34.8. The molecule has 0 bridgehead atoms. The third-order valence-electron chi connectivity index (χ3n) is 5.35. The van der Waals surface area contributed by atoms with Gasteiger partial charge in [-0.15, -0.1) is 0 Å². The number of nitrogens with zero attached hydrogens (tertiary/aromatic N) is 1. The minimum atomic E-state index is 0.998. The van der Waals surface area contributed by atoms with Crippen LogP contribution in [0.4, 0.5) is 0 Å². The predicted octanol–water partition coefficient (Wildman–Crippen LogP) is 9.28. The van der Waals surface area contributed by atoms with E-state index in [1.54, 1.807) is 8.93 Å². The number of hydrogen-bond acceptors (Lipinski definition) is 2. The van der Waals surface area contributed by atoms with Gasteiger partial charge in [-0.05, 0) is 92.5 Å². The first-order valence-electron chi connectivity index (χ1n) is 9.85. The summed E-state index contributed by atoms with van der Waals surface area (Å²) in [5, 5.41) is 2.49. The molecule has 0 unspecified atom stereocenters. The number of pyridine rings is 1. The molecule has 0 saturated heterocycles. The lowest BCUT2D eigenvalue weighted by atomic mass is 9.98. The van der Waals surface area contributed by atoms with E-state index in [2.05, 4.69) is 141 Å². The van der Waals surface area contributed by atoms with E-state index >= 15 is 0 Å². The molecule has 4 aromatic carbocycles. The fourth-order valence-corrected chi connectivity index (χ4v) is 5.14. The highest BCUT2D eigenvalue weighted by molar-refractivity contribution is 14.2. The molecule has 0 spiro atoms. The van der Waals surface area contributed by atoms with Crippen molar-refractivity contribution < 1.29 is 0 Å². The minimum absolute atomic E-state index is 0.998. The lowest BCUT2D eigenvalue weighted by Gasteiger charge is -2.08. The normalized spacial score (nSPS) is 11.0. The molecule has 0 aliphatic carbocycles. The summed E-state index contributed by atoms with van der Waals surface area (Å²) in [7, 11) is 1.74. The standard InChI is InChI=1S/C27H17I2NS/c28-25-10-5-19(6-11-25)27-14-9-24(17-30-27)23-4-3-21-15-20(1-2-22(21)16-23)18-7-12-26(31-29)13-8-18/h1-17H. The van der Waals surface area contributed by atoms with Crippen molar-refractivity contribution in [2.45, 2.75) is 4.90 Å². The van der Waals surface area contributed by atoms with Gasteiger partial charge in [0.15, 0.2) is 0 Å². The van der Waals surface area contributed by atoms with E-state index in [9.17, 15) is 0 Å². The van der Waals surface area contributed by atoms with Gasteiger partial charge in [-0.25, -0.2) is 0 Å². The average molecular weight is 641 g/mol. The molecule has 1 nitrogen and oxygen atoms in total. The Bertz CT molecular complexity index is 1350. The molecule has 0 radical (unpaired) electrons. The highest BCUT2D eigenvalue weighted by atomic mass is 127. The third kappa shape index (κ3) is 4.66. The number of benzene rings is 4. The Labute approximate surface area is 212 Å². The molecule has 0 fully saturated rings. The summed E-state index contributed by atoms with van der Waals surface area (Å²) in [4.78, 5) is 5.97. The topological polar surface area (TPSA) is 12.9 Å². The number of hydrogen-bond donors (Lipinski definition) is 0. The van der Waals surface area contributed by atoms with Crippen molar-refractivity contribution in [1.82, 2.24) is 4.98 Å². The van der Waals surface area contributed by atoms with Gasteiger partial charge >= 0.3 is 0 Å². The van der Waals surface area contributed by atoms with Crippen molar-refractivity contribution in [3.8, 4) is 33.5 Å². The van der Waals surface area contributed by atoms with Crippen LogP contribution in [0.2, 0.25) is 0 Å². The van der Waals surface area contributed by atoms with Crippen LogP contribution in [0.3, 0.4) is 0 Å². The molecule has 0 atom stereocenters. The monoisotopic (exact) mass is 641 g/mol. The van der Waals surface area contributed by atoms with Crippen LogP contribution in [0.25, 0.3) is 44.3 Å². The van der Waals surface area contributed by atoms with E-state index in [-0.39, 0.29) is 0 Å². The highest BCUT2D eigenvalue weighted by Gasteiger charge is 2.05. The van der Waals surface area contributed by atoms with Gasteiger partial charge in [-0.2, -0.15) is 0 Å². The zero-order valence-corrected chi connectivity index (χ0v) is 21.6. The molecular formula is C27H17I2NS. The van der Waals surface area contributed by atoms with Crippen molar-refractivity contribution in [1.29, 1.82) is 0 Å². The van der Waals surface area contributed by atoms with Crippen molar-refractivity contribution in [3.63, 3.8) is 0 Å². The zero-order valence-electron chi connectivity index (χ0n) is 16.4. The van der Waals surface area contributed by atoms with Crippen molar-refractivity contribution in [2.24, 2.45) is 0 Å². The van der Waals surface area contributed by atoms with Crippen molar-refractivity contribution in [2.75, 3.05) is 0 Å². The molecule has 0 saturated carbocycles. The maximum atomic E-state index is 4.70. The summed E-state index contributed by atoms with van der Waals surface area (Å²) in [6.45, 7) is 0. The number of aromatic nitrogens is 1. The second-order valence-electron chi connectivity index (χ2n) is 7.32. The fourth-order valence-electron chi connectivity index (χ4n) is 3.66. The molecule has 4 heteroatoms. The molecule has 0 aliphatic rings. The van der Waals surface area contributed by atoms with Crippen LogP contribution >= 0.6 is 52.7 Å². The van der Waals surface area contributed by atoms with Crippen LogP contribution in [0.5, 0.6) is 0 Å². The summed E-state index contributed by atoms with van der Waals surface area (Å²) in [6.07, 6.45) is 1.97. The second-order valence-corrected chi connectivity index (χ2v) is 10.5. The largest absolute Gasteiger partial charge is 0.256 e. The van der Waals surface area contributed by atoms with Gasteiger partial charge in [-0.1, -0.05) is 63.5 Å². The van der Waals surface area contributed by atoms with E-state index in [0.29, 0.717) is 0 Å². The Morgan fingerprint density at radius 2 is 1.10 bits per heavy atom. The van der Waals surface area contributed by atoms with E-state index in [0.717, 1.165) is 16.8 Å². The first-order valence-corrected chi connectivity index (χ1v) is 14.3. The Morgan fingerprint density at radius 3 is 1.68 bits per heavy atom. The smallest absolute Gasteiger partial charge is 0.0702 e. The maximum Gasteiger partial charge on any atom is 0.0702 e. The maximum absolute atomic E-state index is 4.70. The fraction of sp³-hybridized carbons (Fsp3) is 0. The highest BCUT2D eigenvalue weighted by Crippen LogP contribution is 2.31. The van der Waals surface area contributed by atoms with Gasteiger partial charge in [0, 0.05) is 47.0 Å². The van der Waals surface area contributed by atoms with Gasteiger partial charge in [-0.3, -0.25) is 4.98 Å². The average Bonchev–Trinajstić information content (AvgIpc) is 2.84. The van der Waals surface area contributed by atoms with E-state index in [1.807, 2.05) is 6.20 Å². The Morgan fingerprint density at radius 1 is 0.548 bits per heavy atom. The third-order valence-corrected chi connectivity index (χ3v) is 8.05. The summed E-state index contributed by atoms with van der Waals surface area (Å²) in [5.41, 5.74) is 6.95. The lowest BCUT2D eigenvalue weighted by Crippen LogP contribution is -1.86. The van der Waals surface area contributed by atoms with Crippen LogP contribution < -0.4 is 0 Å². The summed E-state index contributed by atoms with van der Waals surface area (Å²) >= 11 is 4.64. The van der Waals surface area contributed by atoms with Crippen LogP contribution in [0.15, 0.2) is 108 Å². The van der Waals surface area contributed by atoms with E-state index in [4.69, 9.17) is 4.98 Å². The Hall–Kier alpha value is -1.90. The Kier molecular flexibility index (Phi) is 6.29. The van der Waals surface area contributed by atoms with E-state index < -0.39 is 0 Å². The first kappa shape index (κ1) is 21.0. The van der Waals surface area contributed by atoms with Crippen LogP contribution in [0.1, 0.15) is 0 Å². The minimum Gasteiger partial charge on any atom is -0.256 e. The van der Waals surface area contributed by atoms with Crippen LogP contribution in [-0.4, -0.2) is 4.98 Å². The van der Waals surface area contributed by atoms with Crippen molar-refractivity contribution in [3.05, 3.63) is 107 Å². The zero-order chi connectivity index (χ0) is 21.2. The SMILES string of the molecule is ISc1ccc(-c2ccc3cc(-c4ccc(-c5ccc(I)cc5)nc4)ccc3c2)cc1. The van der Waals surface area contributed by atoms with Gasteiger partial charge in [0.2, 0.25) is 0 Å². The predicted molar refractivity (Wildman–Crippen MR) is 151 cm³/mol. The molecule has 5 aromatic rings. The first-order chi connectivity index (χ1) is 15.2. The van der Waals surface area contributed by atoms with Crippen molar-refractivity contribution >= 4 is 63.5 Å². The number of fused-ring (bicyclic) bond motifs is 1. The lowest BCUT2D eigenvalue weighted by molar-refractivity contribution is 1.32. The molecular weight excluding hydrogens is 624 g/mol. The van der Waals surface area contributed by atoms with Crippen LogP contribution in [-0.2, 0) is 0 Å². The Balaban J connectivity index is 1.43. The second kappa shape index (κ2) is 9.30. The van der Waals surface area contributed by atoms with Crippen LogP contribution in [0, 0.1) is 3.57 Å². The molecule has 1 aromatic heterocycles. The van der Waals surface area contributed by atoms with Gasteiger partial charge in [0.25, 0.3) is 0 Å². The molecule has 0 aliphatic heterocycles. The van der Waals surface area contributed by atoms with E-state index in [1.165, 1.54) is 35.9 Å². The molecule has 150 valence electrons. The number of halogens is 2.